The Balaban J connectivity index is 2.00. The molecular formula is C15H20N2O3. The molecule has 1 saturated heterocycles. The zero-order valence-corrected chi connectivity index (χ0v) is 11.6. The summed E-state index contributed by atoms with van der Waals surface area (Å²) in [5.74, 6) is -0.930. The van der Waals surface area contributed by atoms with Crippen LogP contribution in [0.25, 0.3) is 0 Å². The Kier molecular flexibility index (Phi) is 4.09. The van der Waals surface area contributed by atoms with Crippen molar-refractivity contribution in [1.82, 2.24) is 4.90 Å². The number of likely N-dealkylation sites (tertiary alicyclic amines) is 1. The van der Waals surface area contributed by atoms with E-state index in [0.29, 0.717) is 25.9 Å². The van der Waals surface area contributed by atoms with Gasteiger partial charge in [-0.15, -0.1) is 0 Å². The highest BCUT2D eigenvalue weighted by molar-refractivity contribution is 5.83. The lowest BCUT2D eigenvalue weighted by Gasteiger charge is -2.37. The van der Waals surface area contributed by atoms with Crippen LogP contribution in [0.1, 0.15) is 31.4 Å². The van der Waals surface area contributed by atoms with E-state index in [1.165, 1.54) is 0 Å². The Bertz CT molecular complexity index is 493. The van der Waals surface area contributed by atoms with Gasteiger partial charge < -0.3 is 15.7 Å². The second kappa shape index (κ2) is 5.63. The average Bonchev–Trinajstić information content (AvgIpc) is 2.47. The van der Waals surface area contributed by atoms with Crippen molar-refractivity contribution in [3.8, 4) is 0 Å². The highest BCUT2D eigenvalue weighted by atomic mass is 16.4. The van der Waals surface area contributed by atoms with Crippen molar-refractivity contribution in [1.29, 1.82) is 0 Å². The van der Waals surface area contributed by atoms with Gasteiger partial charge in [-0.2, -0.15) is 0 Å². The molecular weight excluding hydrogens is 256 g/mol. The Hall–Kier alpha value is -1.88. The van der Waals surface area contributed by atoms with E-state index in [0.717, 1.165) is 5.56 Å². The second-order valence-electron chi connectivity index (χ2n) is 5.58. The molecule has 0 spiro atoms. The van der Waals surface area contributed by atoms with Crippen LogP contribution < -0.4 is 5.73 Å². The van der Waals surface area contributed by atoms with Crippen molar-refractivity contribution in [2.24, 2.45) is 11.1 Å². The van der Waals surface area contributed by atoms with Crippen molar-refractivity contribution in [3.05, 3.63) is 35.9 Å². The van der Waals surface area contributed by atoms with Crippen molar-refractivity contribution in [2.45, 2.75) is 25.8 Å². The van der Waals surface area contributed by atoms with Crippen molar-refractivity contribution < 1.29 is 14.7 Å². The van der Waals surface area contributed by atoms with Crippen LogP contribution in [0.5, 0.6) is 0 Å². The summed E-state index contributed by atoms with van der Waals surface area (Å²) in [6, 6.07) is 8.55. The third kappa shape index (κ3) is 2.82. The summed E-state index contributed by atoms with van der Waals surface area (Å²) < 4.78 is 0. The predicted molar refractivity (Wildman–Crippen MR) is 74.9 cm³/mol. The summed E-state index contributed by atoms with van der Waals surface area (Å²) >= 11 is 0. The largest absolute Gasteiger partial charge is 0.481 e. The fourth-order valence-corrected chi connectivity index (χ4v) is 2.43. The van der Waals surface area contributed by atoms with Gasteiger partial charge in [-0.3, -0.25) is 9.59 Å². The van der Waals surface area contributed by atoms with Gasteiger partial charge >= 0.3 is 5.97 Å². The molecule has 1 aromatic carbocycles. The summed E-state index contributed by atoms with van der Waals surface area (Å²) in [6.07, 6.45) is 0.936. The molecule has 5 heteroatoms. The van der Waals surface area contributed by atoms with Crippen LogP contribution in [0.15, 0.2) is 30.3 Å². The Morgan fingerprint density at radius 2 is 1.80 bits per heavy atom. The zero-order valence-electron chi connectivity index (χ0n) is 11.6. The molecule has 3 N–H and O–H groups in total. The number of carboxylic acids is 1. The maximum atomic E-state index is 12.3. The number of amides is 1. The molecule has 2 rings (SSSR count). The Morgan fingerprint density at radius 3 is 2.30 bits per heavy atom. The van der Waals surface area contributed by atoms with Crippen LogP contribution >= 0.6 is 0 Å². The molecule has 0 unspecified atom stereocenters. The topological polar surface area (TPSA) is 83.6 Å². The number of hydrogen-bond donors (Lipinski definition) is 2. The van der Waals surface area contributed by atoms with E-state index in [1.54, 1.807) is 11.8 Å². The number of benzene rings is 1. The lowest BCUT2D eigenvalue weighted by Crippen LogP contribution is -2.47. The third-order valence-corrected chi connectivity index (χ3v) is 4.12. The van der Waals surface area contributed by atoms with Crippen LogP contribution in [0.4, 0.5) is 0 Å². The molecule has 0 radical (unpaired) electrons. The summed E-state index contributed by atoms with van der Waals surface area (Å²) in [5, 5.41) is 9.18. The molecule has 20 heavy (non-hydrogen) atoms. The van der Waals surface area contributed by atoms with Gasteiger partial charge in [-0.05, 0) is 25.3 Å². The molecule has 0 saturated carbocycles. The first-order valence-corrected chi connectivity index (χ1v) is 6.77. The van der Waals surface area contributed by atoms with E-state index < -0.39 is 17.4 Å². The fraction of sp³-hybridized carbons (Fsp3) is 0.467. The molecule has 1 aliphatic heterocycles. The first-order chi connectivity index (χ1) is 9.44. The second-order valence-corrected chi connectivity index (χ2v) is 5.58. The maximum absolute atomic E-state index is 12.3. The summed E-state index contributed by atoms with van der Waals surface area (Å²) in [5.41, 5.74) is 6.04. The lowest BCUT2D eigenvalue weighted by molar-refractivity contribution is -0.153. The molecule has 1 aromatic rings. The molecule has 1 fully saturated rings. The van der Waals surface area contributed by atoms with Gasteiger partial charge in [0.1, 0.15) is 6.04 Å². The average molecular weight is 276 g/mol. The molecule has 0 aliphatic carbocycles. The minimum absolute atomic E-state index is 0.136. The van der Waals surface area contributed by atoms with Crippen molar-refractivity contribution >= 4 is 11.9 Å². The first-order valence-electron chi connectivity index (χ1n) is 6.77. The van der Waals surface area contributed by atoms with E-state index >= 15 is 0 Å². The van der Waals surface area contributed by atoms with Gasteiger partial charge in [-0.1, -0.05) is 30.3 Å². The summed E-state index contributed by atoms with van der Waals surface area (Å²) in [4.78, 5) is 25.2. The van der Waals surface area contributed by atoms with Crippen LogP contribution in [0, 0.1) is 5.41 Å². The van der Waals surface area contributed by atoms with Crippen molar-refractivity contribution in [3.63, 3.8) is 0 Å². The van der Waals surface area contributed by atoms with Crippen LogP contribution in [0.3, 0.4) is 0 Å². The van der Waals surface area contributed by atoms with Gasteiger partial charge in [0.05, 0.1) is 5.41 Å². The zero-order chi connectivity index (χ0) is 14.8. The van der Waals surface area contributed by atoms with E-state index in [4.69, 9.17) is 5.73 Å². The number of carbonyl (C=O) groups excluding carboxylic acids is 1. The van der Waals surface area contributed by atoms with Gasteiger partial charge in [0.2, 0.25) is 5.91 Å². The standard InChI is InChI=1S/C15H20N2O3/c1-15(14(19)20)7-9-17(10-8-15)13(18)12(16)11-5-3-2-4-6-11/h2-6,12H,7-10,16H2,1H3,(H,19,20)/t12-/m0/s1. The molecule has 1 amide bonds. The monoisotopic (exact) mass is 276 g/mol. The molecule has 108 valence electrons. The minimum atomic E-state index is -0.794. The van der Waals surface area contributed by atoms with E-state index in [9.17, 15) is 14.7 Å². The number of aliphatic carboxylic acids is 1. The van der Waals surface area contributed by atoms with Gasteiger partial charge in [-0.25, -0.2) is 0 Å². The van der Waals surface area contributed by atoms with Crippen LogP contribution in [-0.4, -0.2) is 35.0 Å². The van der Waals surface area contributed by atoms with Crippen LogP contribution in [-0.2, 0) is 9.59 Å². The minimum Gasteiger partial charge on any atom is -0.481 e. The lowest BCUT2D eigenvalue weighted by atomic mass is 9.80. The number of carboxylic acid groups (broad SMARTS) is 1. The number of nitrogens with zero attached hydrogens (tertiary/aromatic N) is 1. The number of nitrogens with two attached hydrogens (primary N) is 1. The highest BCUT2D eigenvalue weighted by Crippen LogP contribution is 2.31. The van der Waals surface area contributed by atoms with E-state index in [-0.39, 0.29) is 5.91 Å². The van der Waals surface area contributed by atoms with Gasteiger partial charge in [0, 0.05) is 13.1 Å². The molecule has 1 atom stereocenters. The van der Waals surface area contributed by atoms with Crippen LogP contribution in [0.2, 0.25) is 0 Å². The maximum Gasteiger partial charge on any atom is 0.309 e. The fourth-order valence-electron chi connectivity index (χ4n) is 2.43. The SMILES string of the molecule is CC1(C(=O)O)CCN(C(=O)[C@@H](N)c2ccccc2)CC1. The number of hydrogen-bond acceptors (Lipinski definition) is 3. The highest BCUT2D eigenvalue weighted by Gasteiger charge is 2.38. The summed E-state index contributed by atoms with van der Waals surface area (Å²) in [7, 11) is 0. The molecule has 5 nitrogen and oxygen atoms in total. The summed E-state index contributed by atoms with van der Waals surface area (Å²) in [6.45, 7) is 2.62. The molecule has 1 heterocycles. The quantitative estimate of drug-likeness (QED) is 0.874. The Morgan fingerprint density at radius 1 is 1.25 bits per heavy atom. The van der Waals surface area contributed by atoms with E-state index in [2.05, 4.69) is 0 Å². The molecule has 0 bridgehead atoms. The van der Waals surface area contributed by atoms with Gasteiger partial charge in [0.25, 0.3) is 0 Å². The van der Waals surface area contributed by atoms with E-state index in [1.807, 2.05) is 30.3 Å². The smallest absolute Gasteiger partial charge is 0.309 e. The number of piperidine rings is 1. The molecule has 1 aliphatic rings. The molecule has 0 aromatic heterocycles. The predicted octanol–water partition coefficient (Wildman–Crippen LogP) is 1.40. The normalized spacial score (nSPS) is 19.4. The third-order valence-electron chi connectivity index (χ3n) is 4.12. The number of carbonyl (C=O) groups is 2. The van der Waals surface area contributed by atoms with Gasteiger partial charge in [0.15, 0.2) is 0 Å². The first kappa shape index (κ1) is 14.5. The number of rotatable bonds is 3. The van der Waals surface area contributed by atoms with Crippen molar-refractivity contribution in [2.75, 3.05) is 13.1 Å². The Labute approximate surface area is 118 Å².